The van der Waals surface area contributed by atoms with E-state index in [1.165, 1.54) is 0 Å². The third-order valence-electron chi connectivity index (χ3n) is 0.965. The molecule has 0 aliphatic heterocycles. The van der Waals surface area contributed by atoms with E-state index in [4.69, 9.17) is 5.11 Å². The van der Waals surface area contributed by atoms with Gasteiger partial charge >= 0.3 is 0 Å². The lowest BCUT2D eigenvalue weighted by molar-refractivity contribution is 0.144. The Kier molecular flexibility index (Phi) is 2.18. The summed E-state index contributed by atoms with van der Waals surface area (Å²) in [6, 6.07) is 0. The second-order valence-corrected chi connectivity index (χ2v) is 1.98. The first kappa shape index (κ1) is 5.96. The SMILES string of the molecule is CC(C)[C@@H](C)O. The van der Waals surface area contributed by atoms with Gasteiger partial charge in [0.05, 0.1) is 6.10 Å². The lowest BCUT2D eigenvalue weighted by atomic mass is 10.1. The summed E-state index contributed by atoms with van der Waals surface area (Å²) in [6.07, 6.45) is -0.148. The van der Waals surface area contributed by atoms with E-state index >= 15 is 0 Å². The largest absolute Gasteiger partial charge is 0.393 e. The first-order chi connectivity index (χ1) is 2.64. The molecular formula is C5H12O. The van der Waals surface area contributed by atoms with Gasteiger partial charge in [-0.15, -0.1) is 0 Å². The highest BCUT2D eigenvalue weighted by molar-refractivity contribution is 4.48. The number of aliphatic hydroxyl groups is 1. The third kappa shape index (κ3) is 2.21. The normalized spacial score (nSPS) is 15.5. The highest BCUT2D eigenvalue weighted by Gasteiger charge is 1.97. The van der Waals surface area contributed by atoms with Gasteiger partial charge in [0.2, 0.25) is 0 Å². The van der Waals surface area contributed by atoms with Crippen LogP contribution in [-0.4, -0.2) is 11.2 Å². The lowest BCUT2D eigenvalue weighted by Gasteiger charge is -2.04. The van der Waals surface area contributed by atoms with Gasteiger partial charge in [0, 0.05) is 0 Å². The molecule has 1 heteroatoms. The van der Waals surface area contributed by atoms with Crippen molar-refractivity contribution in [1.82, 2.24) is 0 Å². The first-order valence-electron chi connectivity index (χ1n) is 2.32. The number of rotatable bonds is 1. The van der Waals surface area contributed by atoms with Crippen LogP contribution in [0.2, 0.25) is 0 Å². The minimum atomic E-state index is -0.148. The highest BCUT2D eigenvalue weighted by Crippen LogP contribution is 1.96. The van der Waals surface area contributed by atoms with Crippen LogP contribution >= 0.6 is 0 Å². The molecule has 1 atom stereocenters. The monoisotopic (exact) mass is 88.1 g/mol. The van der Waals surface area contributed by atoms with Crippen LogP contribution < -0.4 is 0 Å². The molecule has 0 aromatic rings. The summed E-state index contributed by atoms with van der Waals surface area (Å²) in [7, 11) is 0. The molecule has 0 spiro atoms. The van der Waals surface area contributed by atoms with Crippen LogP contribution in [-0.2, 0) is 0 Å². The molecule has 0 fully saturated rings. The average molecular weight is 88.1 g/mol. The highest BCUT2D eigenvalue weighted by atomic mass is 16.3. The van der Waals surface area contributed by atoms with Gasteiger partial charge in [-0.1, -0.05) is 13.8 Å². The van der Waals surface area contributed by atoms with Crippen molar-refractivity contribution < 1.29 is 5.11 Å². The first-order valence-corrected chi connectivity index (χ1v) is 2.32. The molecule has 0 rings (SSSR count). The van der Waals surface area contributed by atoms with Crippen molar-refractivity contribution in [2.24, 2.45) is 5.92 Å². The molecule has 0 heterocycles. The lowest BCUT2D eigenvalue weighted by Crippen LogP contribution is -2.07. The standard InChI is InChI=1S/C5H12O/c1-4(2)5(3)6/h4-6H,1-3H3/t5-/m1/s1. The second-order valence-electron chi connectivity index (χ2n) is 1.98. The van der Waals surface area contributed by atoms with Gasteiger partial charge in [0.1, 0.15) is 0 Å². The van der Waals surface area contributed by atoms with Crippen molar-refractivity contribution in [3.8, 4) is 0 Å². The second kappa shape index (κ2) is 2.19. The van der Waals surface area contributed by atoms with Crippen LogP contribution in [0.1, 0.15) is 20.8 Å². The van der Waals surface area contributed by atoms with Crippen molar-refractivity contribution in [2.45, 2.75) is 26.9 Å². The molecule has 38 valence electrons. The van der Waals surface area contributed by atoms with E-state index in [0.717, 1.165) is 0 Å². The van der Waals surface area contributed by atoms with Crippen molar-refractivity contribution in [3.05, 3.63) is 0 Å². The van der Waals surface area contributed by atoms with Gasteiger partial charge in [0.15, 0.2) is 0 Å². The molecule has 0 unspecified atom stereocenters. The van der Waals surface area contributed by atoms with Gasteiger partial charge in [-0.2, -0.15) is 0 Å². The number of hydrogen-bond donors (Lipinski definition) is 1. The summed E-state index contributed by atoms with van der Waals surface area (Å²) in [5, 5.41) is 8.63. The van der Waals surface area contributed by atoms with Crippen LogP contribution in [0, 0.1) is 5.92 Å². The molecule has 6 heavy (non-hydrogen) atoms. The van der Waals surface area contributed by atoms with Crippen LogP contribution in [0.3, 0.4) is 0 Å². The average Bonchev–Trinajstić information content (AvgIpc) is 1.36. The van der Waals surface area contributed by atoms with E-state index < -0.39 is 0 Å². The molecule has 0 saturated carbocycles. The summed E-state index contributed by atoms with van der Waals surface area (Å²) < 4.78 is 0. The molecule has 0 saturated heterocycles. The van der Waals surface area contributed by atoms with Crippen molar-refractivity contribution >= 4 is 0 Å². The molecule has 1 nitrogen and oxygen atoms in total. The van der Waals surface area contributed by atoms with Gasteiger partial charge in [-0.3, -0.25) is 0 Å². The Morgan fingerprint density at radius 1 is 1.17 bits per heavy atom. The fraction of sp³-hybridized carbons (Fsp3) is 1.00. The molecule has 0 aliphatic rings. The summed E-state index contributed by atoms with van der Waals surface area (Å²) in [5.41, 5.74) is 0. The Morgan fingerprint density at radius 2 is 1.33 bits per heavy atom. The smallest absolute Gasteiger partial charge is 0.0535 e. The van der Waals surface area contributed by atoms with Crippen molar-refractivity contribution in [3.63, 3.8) is 0 Å². The fourth-order valence-electron chi connectivity index (χ4n) is 0. The minimum Gasteiger partial charge on any atom is -0.393 e. The summed E-state index contributed by atoms with van der Waals surface area (Å²) in [5.74, 6) is 0.407. The molecule has 0 aromatic carbocycles. The van der Waals surface area contributed by atoms with E-state index in [9.17, 15) is 0 Å². The Hall–Kier alpha value is -0.0400. The van der Waals surface area contributed by atoms with Crippen LogP contribution in [0.25, 0.3) is 0 Å². The molecule has 0 bridgehead atoms. The number of aliphatic hydroxyl groups excluding tert-OH is 1. The molecule has 0 aliphatic carbocycles. The summed E-state index contributed by atoms with van der Waals surface area (Å²) in [6.45, 7) is 5.78. The Labute approximate surface area is 39.0 Å². The maximum Gasteiger partial charge on any atom is 0.0535 e. The molecular weight excluding hydrogens is 76.1 g/mol. The van der Waals surface area contributed by atoms with E-state index in [2.05, 4.69) is 0 Å². The molecule has 0 amide bonds. The van der Waals surface area contributed by atoms with Crippen LogP contribution in [0.4, 0.5) is 0 Å². The third-order valence-corrected chi connectivity index (χ3v) is 0.965. The Morgan fingerprint density at radius 3 is 1.33 bits per heavy atom. The quantitative estimate of drug-likeness (QED) is 0.507. The minimum absolute atomic E-state index is 0.148. The van der Waals surface area contributed by atoms with Gasteiger partial charge in [0.25, 0.3) is 0 Å². The Balaban J connectivity index is 2.99. The summed E-state index contributed by atoms with van der Waals surface area (Å²) in [4.78, 5) is 0. The molecule has 0 radical (unpaired) electrons. The zero-order chi connectivity index (χ0) is 5.15. The van der Waals surface area contributed by atoms with Crippen LogP contribution in [0.5, 0.6) is 0 Å². The maximum absolute atomic E-state index is 8.63. The zero-order valence-electron chi connectivity index (χ0n) is 4.60. The van der Waals surface area contributed by atoms with E-state index in [1.54, 1.807) is 6.92 Å². The molecule has 0 aromatic heterocycles. The summed E-state index contributed by atoms with van der Waals surface area (Å²) >= 11 is 0. The van der Waals surface area contributed by atoms with Crippen molar-refractivity contribution in [2.75, 3.05) is 0 Å². The number of hydrogen-bond acceptors (Lipinski definition) is 1. The van der Waals surface area contributed by atoms with Gasteiger partial charge in [-0.05, 0) is 12.8 Å². The predicted molar refractivity (Wildman–Crippen MR) is 26.5 cm³/mol. The Bertz CT molecular complexity index is 24.9. The maximum atomic E-state index is 8.63. The van der Waals surface area contributed by atoms with Gasteiger partial charge in [-0.25, -0.2) is 0 Å². The van der Waals surface area contributed by atoms with E-state index in [1.807, 2.05) is 13.8 Å². The van der Waals surface area contributed by atoms with Gasteiger partial charge < -0.3 is 5.11 Å². The fourth-order valence-corrected chi connectivity index (χ4v) is 0. The molecule has 1 N–H and O–H groups in total. The zero-order valence-corrected chi connectivity index (χ0v) is 4.60. The predicted octanol–water partition coefficient (Wildman–Crippen LogP) is 1.02. The van der Waals surface area contributed by atoms with Crippen molar-refractivity contribution in [1.29, 1.82) is 0 Å². The van der Waals surface area contributed by atoms with E-state index in [0.29, 0.717) is 5.92 Å². The topological polar surface area (TPSA) is 20.2 Å². The van der Waals surface area contributed by atoms with E-state index in [-0.39, 0.29) is 6.10 Å². The van der Waals surface area contributed by atoms with Crippen LogP contribution in [0.15, 0.2) is 0 Å².